The van der Waals surface area contributed by atoms with Crippen molar-refractivity contribution in [1.29, 1.82) is 0 Å². The van der Waals surface area contributed by atoms with E-state index < -0.39 is 22.4 Å². The third-order valence-corrected chi connectivity index (χ3v) is 7.70. The number of furan rings is 1. The summed E-state index contributed by atoms with van der Waals surface area (Å²) in [5, 5.41) is 2.90. The molecule has 0 radical (unpaired) electrons. The fourth-order valence-corrected chi connectivity index (χ4v) is 6.03. The molecule has 2 aromatic carbocycles. The first kappa shape index (κ1) is 22.3. The van der Waals surface area contributed by atoms with E-state index in [1.807, 2.05) is 43.3 Å². The second-order valence-corrected chi connectivity index (χ2v) is 10.5. The maximum Gasteiger partial charge on any atom is 0.310 e. The zero-order chi connectivity index (χ0) is 22.7. The van der Waals surface area contributed by atoms with Crippen LogP contribution in [0.4, 0.5) is 0 Å². The number of amides is 1. The van der Waals surface area contributed by atoms with Gasteiger partial charge in [-0.25, -0.2) is 8.42 Å². The second-order valence-electron chi connectivity index (χ2n) is 8.26. The number of carbonyl (C=O) groups excluding carboxylic acids is 2. The van der Waals surface area contributed by atoms with Gasteiger partial charge in [0.15, 0.2) is 16.4 Å². The molecule has 1 unspecified atom stereocenters. The quantitative estimate of drug-likeness (QED) is 0.481. The van der Waals surface area contributed by atoms with E-state index in [9.17, 15) is 18.0 Å². The standard InChI is InChI=1S/C24H27NO6S/c1-2-3-11-25(19-10-12-32(28,29)16-19)22(26)15-31-23(27)13-18-14-30-21-9-8-17-6-4-5-7-20(17)24(18)21/h4-9,14,19H,2-3,10-13,15-16H2,1H3. The first-order chi connectivity index (χ1) is 15.4. The van der Waals surface area contributed by atoms with Crippen LogP contribution in [-0.2, 0) is 30.6 Å². The van der Waals surface area contributed by atoms with Gasteiger partial charge in [0.25, 0.3) is 5.91 Å². The number of unbranched alkanes of at least 4 members (excludes halogenated alkanes) is 1. The Morgan fingerprint density at radius 2 is 2.00 bits per heavy atom. The van der Waals surface area contributed by atoms with Crippen molar-refractivity contribution in [3.8, 4) is 0 Å². The van der Waals surface area contributed by atoms with Crippen LogP contribution in [0.5, 0.6) is 0 Å². The highest BCUT2D eigenvalue weighted by Crippen LogP contribution is 2.30. The van der Waals surface area contributed by atoms with Gasteiger partial charge < -0.3 is 14.1 Å². The first-order valence-corrected chi connectivity index (χ1v) is 12.7. The van der Waals surface area contributed by atoms with Crippen LogP contribution >= 0.6 is 0 Å². The molecule has 0 aliphatic carbocycles. The molecule has 1 aliphatic heterocycles. The molecule has 8 heteroatoms. The number of esters is 1. The maximum atomic E-state index is 12.8. The van der Waals surface area contributed by atoms with Gasteiger partial charge in [-0.1, -0.05) is 43.7 Å². The predicted molar refractivity (Wildman–Crippen MR) is 122 cm³/mol. The number of nitrogens with zero attached hydrogens (tertiary/aromatic N) is 1. The first-order valence-electron chi connectivity index (χ1n) is 10.9. The predicted octanol–water partition coefficient (Wildman–Crippen LogP) is 3.49. The molecule has 1 saturated heterocycles. The summed E-state index contributed by atoms with van der Waals surface area (Å²) in [6.07, 6.45) is 3.62. The van der Waals surface area contributed by atoms with E-state index in [-0.39, 0.29) is 29.9 Å². The van der Waals surface area contributed by atoms with Crippen molar-refractivity contribution < 1.29 is 27.2 Å². The fraction of sp³-hybridized carbons (Fsp3) is 0.417. The van der Waals surface area contributed by atoms with Crippen molar-refractivity contribution in [1.82, 2.24) is 4.90 Å². The van der Waals surface area contributed by atoms with Crippen LogP contribution in [0, 0.1) is 0 Å². The van der Waals surface area contributed by atoms with Crippen LogP contribution in [0.3, 0.4) is 0 Å². The summed E-state index contributed by atoms with van der Waals surface area (Å²) in [6.45, 7) is 2.08. The molecule has 1 amide bonds. The SMILES string of the molecule is CCCCN(C(=O)COC(=O)Cc1coc2ccc3ccccc3c12)C1CCS(=O)(=O)C1. The van der Waals surface area contributed by atoms with Crippen LogP contribution in [0.25, 0.3) is 21.7 Å². The molecule has 1 aromatic heterocycles. The van der Waals surface area contributed by atoms with Gasteiger partial charge >= 0.3 is 5.97 Å². The summed E-state index contributed by atoms with van der Waals surface area (Å²) in [6, 6.07) is 11.4. The lowest BCUT2D eigenvalue weighted by molar-refractivity contribution is -0.152. The summed E-state index contributed by atoms with van der Waals surface area (Å²) < 4.78 is 34.6. The summed E-state index contributed by atoms with van der Waals surface area (Å²) in [5.74, 6) is -0.806. The van der Waals surface area contributed by atoms with E-state index in [0.717, 1.165) is 29.0 Å². The number of hydrogen-bond donors (Lipinski definition) is 0. The van der Waals surface area contributed by atoms with Crippen LogP contribution in [-0.4, -0.2) is 55.9 Å². The smallest absolute Gasteiger partial charge is 0.310 e. The Bertz CT molecular complexity index is 1250. The second kappa shape index (κ2) is 9.32. The highest BCUT2D eigenvalue weighted by Gasteiger charge is 2.34. The average Bonchev–Trinajstić information content (AvgIpc) is 3.35. The molecule has 0 saturated carbocycles. The molecule has 1 atom stereocenters. The number of hydrogen-bond acceptors (Lipinski definition) is 6. The van der Waals surface area contributed by atoms with Gasteiger partial charge in [0.05, 0.1) is 24.2 Å². The molecule has 7 nitrogen and oxygen atoms in total. The molecular formula is C24H27NO6S. The van der Waals surface area contributed by atoms with Gasteiger partial charge in [-0.3, -0.25) is 9.59 Å². The lowest BCUT2D eigenvalue weighted by Crippen LogP contribution is -2.44. The van der Waals surface area contributed by atoms with Crippen molar-refractivity contribution in [3.05, 3.63) is 48.2 Å². The number of carbonyl (C=O) groups is 2. The van der Waals surface area contributed by atoms with E-state index in [0.29, 0.717) is 24.1 Å². The van der Waals surface area contributed by atoms with E-state index in [4.69, 9.17) is 9.15 Å². The third-order valence-electron chi connectivity index (χ3n) is 5.95. The third kappa shape index (κ3) is 4.80. The Kier molecular flexibility index (Phi) is 6.50. The van der Waals surface area contributed by atoms with Crippen LogP contribution in [0.2, 0.25) is 0 Å². The molecule has 32 heavy (non-hydrogen) atoms. The zero-order valence-corrected chi connectivity index (χ0v) is 18.9. The molecule has 0 spiro atoms. The Hall–Kier alpha value is -2.87. The molecule has 170 valence electrons. The molecule has 4 rings (SSSR count). The topological polar surface area (TPSA) is 93.9 Å². The summed E-state index contributed by atoms with van der Waals surface area (Å²) in [5.41, 5.74) is 1.40. The Morgan fingerprint density at radius 1 is 1.19 bits per heavy atom. The zero-order valence-electron chi connectivity index (χ0n) is 18.1. The Labute approximate surface area is 187 Å². The monoisotopic (exact) mass is 457 g/mol. The van der Waals surface area contributed by atoms with Crippen LogP contribution in [0.1, 0.15) is 31.7 Å². The van der Waals surface area contributed by atoms with Crippen molar-refractivity contribution in [2.24, 2.45) is 0 Å². The number of fused-ring (bicyclic) bond motifs is 3. The maximum absolute atomic E-state index is 12.8. The van der Waals surface area contributed by atoms with Crippen LogP contribution in [0.15, 0.2) is 47.1 Å². The molecule has 2 heterocycles. The minimum Gasteiger partial charge on any atom is -0.464 e. The van der Waals surface area contributed by atoms with E-state index in [2.05, 4.69) is 0 Å². The van der Waals surface area contributed by atoms with Gasteiger partial charge in [-0.2, -0.15) is 0 Å². The van der Waals surface area contributed by atoms with E-state index in [1.54, 1.807) is 11.2 Å². The fourth-order valence-electron chi connectivity index (χ4n) is 4.30. The highest BCUT2D eigenvalue weighted by atomic mass is 32.2. The largest absolute Gasteiger partial charge is 0.464 e. The highest BCUT2D eigenvalue weighted by molar-refractivity contribution is 7.91. The minimum absolute atomic E-state index is 0.0128. The van der Waals surface area contributed by atoms with Crippen molar-refractivity contribution in [3.63, 3.8) is 0 Å². The Morgan fingerprint density at radius 3 is 2.75 bits per heavy atom. The Balaban J connectivity index is 1.43. The average molecular weight is 458 g/mol. The molecular weight excluding hydrogens is 430 g/mol. The molecule has 3 aromatic rings. The molecule has 1 fully saturated rings. The van der Waals surface area contributed by atoms with Gasteiger partial charge in [0, 0.05) is 23.5 Å². The lowest BCUT2D eigenvalue weighted by Gasteiger charge is -2.28. The summed E-state index contributed by atoms with van der Waals surface area (Å²) in [7, 11) is -3.12. The summed E-state index contributed by atoms with van der Waals surface area (Å²) in [4.78, 5) is 26.9. The molecule has 0 N–H and O–H groups in total. The number of benzene rings is 2. The number of ether oxygens (including phenoxy) is 1. The van der Waals surface area contributed by atoms with Crippen molar-refractivity contribution in [2.45, 2.75) is 38.6 Å². The molecule has 1 aliphatic rings. The molecule has 0 bridgehead atoms. The number of sulfone groups is 1. The van der Waals surface area contributed by atoms with E-state index in [1.165, 1.54) is 0 Å². The lowest BCUT2D eigenvalue weighted by atomic mass is 10.0. The summed E-state index contributed by atoms with van der Waals surface area (Å²) >= 11 is 0. The van der Waals surface area contributed by atoms with Gasteiger partial charge in [0.1, 0.15) is 5.58 Å². The van der Waals surface area contributed by atoms with Gasteiger partial charge in [0.2, 0.25) is 0 Å². The van der Waals surface area contributed by atoms with Crippen molar-refractivity contribution in [2.75, 3.05) is 24.7 Å². The van der Waals surface area contributed by atoms with Gasteiger partial charge in [-0.05, 0) is 29.7 Å². The number of rotatable bonds is 8. The van der Waals surface area contributed by atoms with Gasteiger partial charge in [-0.15, -0.1) is 0 Å². The van der Waals surface area contributed by atoms with E-state index >= 15 is 0 Å². The van der Waals surface area contributed by atoms with Crippen molar-refractivity contribution >= 4 is 43.5 Å². The minimum atomic E-state index is -3.12. The normalized spacial score (nSPS) is 17.6. The van der Waals surface area contributed by atoms with Crippen LogP contribution < -0.4 is 0 Å².